The number of piperidine rings is 1. The number of hydrogen-bond donors (Lipinski definition) is 1. The van der Waals surface area contributed by atoms with Crippen LogP contribution >= 0.6 is 0 Å². The molecule has 0 radical (unpaired) electrons. The van der Waals surface area contributed by atoms with Crippen molar-refractivity contribution < 1.29 is 24.5 Å². The van der Waals surface area contributed by atoms with E-state index in [1.165, 1.54) is 0 Å². The van der Waals surface area contributed by atoms with E-state index in [9.17, 15) is 9.59 Å². The summed E-state index contributed by atoms with van der Waals surface area (Å²) in [5.41, 5.74) is -0.0332. The SMILES string of the molecule is [2H]C1([2H])CN(C(=O)OCc2ccccc2)CC([2H])([2H])C1NC(=O)OC(C)(C)C. The number of ether oxygens (including phenoxy) is 2. The van der Waals surface area contributed by atoms with Crippen molar-refractivity contribution in [2.75, 3.05) is 13.1 Å². The first-order chi connectivity index (χ1) is 12.8. The maximum atomic E-state index is 12.3. The molecule has 1 aromatic carbocycles. The Morgan fingerprint density at radius 3 is 2.46 bits per heavy atom. The van der Waals surface area contributed by atoms with Crippen molar-refractivity contribution in [1.29, 1.82) is 0 Å². The Morgan fingerprint density at radius 2 is 1.88 bits per heavy atom. The van der Waals surface area contributed by atoms with Crippen LogP contribution in [0.5, 0.6) is 0 Å². The van der Waals surface area contributed by atoms with Gasteiger partial charge in [-0.1, -0.05) is 30.3 Å². The molecule has 1 aliphatic rings. The molecule has 0 aliphatic carbocycles. The Balaban J connectivity index is 2.03. The number of nitrogens with one attached hydrogen (secondary N) is 1. The molecule has 1 fully saturated rings. The lowest BCUT2D eigenvalue weighted by molar-refractivity contribution is 0.0471. The quantitative estimate of drug-likeness (QED) is 0.918. The smallest absolute Gasteiger partial charge is 0.410 e. The van der Waals surface area contributed by atoms with Crippen LogP contribution in [0, 0.1) is 0 Å². The molecule has 2 rings (SSSR count). The van der Waals surface area contributed by atoms with Gasteiger partial charge in [0.15, 0.2) is 0 Å². The molecule has 1 saturated heterocycles. The summed E-state index contributed by atoms with van der Waals surface area (Å²) in [5, 5.41) is 2.28. The lowest BCUT2D eigenvalue weighted by Gasteiger charge is -2.32. The van der Waals surface area contributed by atoms with Gasteiger partial charge in [-0.05, 0) is 39.1 Å². The Bertz CT molecular complexity index is 689. The van der Waals surface area contributed by atoms with Gasteiger partial charge in [-0.2, -0.15) is 0 Å². The van der Waals surface area contributed by atoms with Crippen LogP contribution in [0.25, 0.3) is 0 Å². The van der Waals surface area contributed by atoms with Crippen LogP contribution in [0.1, 0.15) is 44.6 Å². The number of benzene rings is 1. The topological polar surface area (TPSA) is 67.9 Å². The minimum absolute atomic E-state index is 0.00175. The van der Waals surface area contributed by atoms with Crippen molar-refractivity contribution in [3.8, 4) is 0 Å². The van der Waals surface area contributed by atoms with Gasteiger partial charge in [0.1, 0.15) is 12.2 Å². The molecular formula is C18H26N2O4. The van der Waals surface area contributed by atoms with E-state index in [1.807, 2.05) is 6.07 Å². The van der Waals surface area contributed by atoms with Crippen LogP contribution < -0.4 is 5.32 Å². The van der Waals surface area contributed by atoms with Gasteiger partial charge in [-0.3, -0.25) is 0 Å². The maximum absolute atomic E-state index is 12.3. The highest BCUT2D eigenvalue weighted by Gasteiger charge is 2.26. The summed E-state index contributed by atoms with van der Waals surface area (Å²) in [6, 6.07) is 7.51. The van der Waals surface area contributed by atoms with E-state index in [-0.39, 0.29) is 6.61 Å². The maximum Gasteiger partial charge on any atom is 0.410 e. The summed E-state index contributed by atoms with van der Waals surface area (Å²) in [6.07, 6.45) is -6.16. The molecule has 1 N–H and O–H groups in total. The zero-order valence-electron chi connectivity index (χ0n) is 18.2. The normalized spacial score (nSPS) is 22.4. The fourth-order valence-electron chi connectivity index (χ4n) is 2.00. The number of likely N-dealkylation sites (tertiary alicyclic amines) is 1. The van der Waals surface area contributed by atoms with E-state index < -0.39 is 49.7 Å². The van der Waals surface area contributed by atoms with Crippen molar-refractivity contribution in [2.45, 2.75) is 51.8 Å². The molecular weight excluding hydrogens is 308 g/mol. The fraction of sp³-hybridized carbons (Fsp3) is 0.556. The molecule has 1 heterocycles. The highest BCUT2D eigenvalue weighted by molar-refractivity contribution is 5.69. The van der Waals surface area contributed by atoms with Crippen molar-refractivity contribution in [2.24, 2.45) is 0 Å². The second-order valence-corrected chi connectivity index (χ2v) is 6.38. The summed E-state index contributed by atoms with van der Waals surface area (Å²) in [6.45, 7) is 4.13. The Kier molecular flexibility index (Phi) is 4.39. The van der Waals surface area contributed by atoms with Crippen LogP contribution in [-0.4, -0.2) is 41.8 Å². The zero-order valence-corrected chi connectivity index (χ0v) is 14.2. The first-order valence-electron chi connectivity index (χ1n) is 9.75. The van der Waals surface area contributed by atoms with E-state index >= 15 is 0 Å². The van der Waals surface area contributed by atoms with Gasteiger partial charge in [0, 0.05) is 24.6 Å². The van der Waals surface area contributed by atoms with Crippen molar-refractivity contribution in [1.82, 2.24) is 10.2 Å². The average molecular weight is 338 g/mol. The monoisotopic (exact) mass is 338 g/mol. The summed E-state index contributed by atoms with van der Waals surface area (Å²) < 4.78 is 43.0. The number of hydrogen-bond acceptors (Lipinski definition) is 4. The van der Waals surface area contributed by atoms with Gasteiger partial charge in [-0.25, -0.2) is 9.59 Å². The molecule has 1 aromatic rings. The number of rotatable bonds is 3. The van der Waals surface area contributed by atoms with E-state index in [4.69, 9.17) is 15.0 Å². The second kappa shape index (κ2) is 8.04. The van der Waals surface area contributed by atoms with Gasteiger partial charge in [-0.15, -0.1) is 0 Å². The predicted octanol–water partition coefficient (Wildman–Crippen LogP) is 3.31. The highest BCUT2D eigenvalue weighted by atomic mass is 16.6. The second-order valence-electron chi connectivity index (χ2n) is 6.38. The average Bonchev–Trinajstić information content (AvgIpc) is 2.54. The van der Waals surface area contributed by atoms with E-state index in [0.29, 0.717) is 0 Å². The van der Waals surface area contributed by atoms with Gasteiger partial charge in [0.05, 0.1) is 0 Å². The van der Waals surface area contributed by atoms with Crippen LogP contribution in [0.3, 0.4) is 0 Å². The molecule has 0 aromatic heterocycles. The van der Waals surface area contributed by atoms with Gasteiger partial charge < -0.3 is 19.7 Å². The van der Waals surface area contributed by atoms with Crippen molar-refractivity contribution in [3.63, 3.8) is 0 Å². The third-order valence-corrected chi connectivity index (χ3v) is 3.10. The van der Waals surface area contributed by atoms with E-state index in [2.05, 4.69) is 5.32 Å². The molecule has 1 aliphatic heterocycles. The molecule has 2 amide bonds. The molecule has 0 saturated carbocycles. The minimum Gasteiger partial charge on any atom is -0.445 e. The van der Waals surface area contributed by atoms with Crippen LogP contribution in [0.4, 0.5) is 9.59 Å². The highest BCUT2D eigenvalue weighted by Crippen LogP contribution is 2.14. The number of amides is 2. The third kappa shape index (κ3) is 6.10. The van der Waals surface area contributed by atoms with Crippen LogP contribution in [0.15, 0.2) is 30.3 Å². The summed E-state index contributed by atoms with van der Waals surface area (Å²) in [5.74, 6) is 0. The molecule has 0 bridgehead atoms. The number of nitrogens with zero attached hydrogens (tertiary/aromatic N) is 1. The van der Waals surface area contributed by atoms with Crippen LogP contribution in [0.2, 0.25) is 0 Å². The van der Waals surface area contributed by atoms with Gasteiger partial charge >= 0.3 is 12.2 Å². The summed E-state index contributed by atoms with van der Waals surface area (Å²) in [7, 11) is 0. The summed E-state index contributed by atoms with van der Waals surface area (Å²) in [4.78, 5) is 25.3. The molecule has 132 valence electrons. The largest absolute Gasteiger partial charge is 0.445 e. The molecule has 0 spiro atoms. The van der Waals surface area contributed by atoms with Gasteiger partial charge in [0.25, 0.3) is 0 Å². The lowest BCUT2D eigenvalue weighted by atomic mass is 10.1. The van der Waals surface area contributed by atoms with Crippen molar-refractivity contribution >= 4 is 12.2 Å². The molecule has 6 heteroatoms. The Labute approximate surface area is 148 Å². The lowest BCUT2D eigenvalue weighted by Crippen LogP contribution is -2.47. The zero-order chi connectivity index (χ0) is 21.2. The van der Waals surface area contributed by atoms with Crippen LogP contribution in [-0.2, 0) is 16.1 Å². The number of carbonyl (C=O) groups excluding carboxylic acids is 2. The molecule has 0 unspecified atom stereocenters. The molecule has 0 atom stereocenters. The van der Waals surface area contributed by atoms with Gasteiger partial charge in [0.2, 0.25) is 0 Å². The third-order valence-electron chi connectivity index (χ3n) is 3.10. The van der Waals surface area contributed by atoms with E-state index in [1.54, 1.807) is 45.0 Å². The minimum atomic E-state index is -2.22. The first-order valence-corrected chi connectivity index (χ1v) is 7.75. The Hall–Kier alpha value is -2.24. The molecule has 24 heavy (non-hydrogen) atoms. The first kappa shape index (κ1) is 13.1. The number of alkyl carbamates (subject to hydrolysis) is 1. The Morgan fingerprint density at radius 1 is 1.25 bits per heavy atom. The predicted molar refractivity (Wildman–Crippen MR) is 90.6 cm³/mol. The summed E-state index contributed by atoms with van der Waals surface area (Å²) >= 11 is 0. The van der Waals surface area contributed by atoms with Crippen molar-refractivity contribution in [3.05, 3.63) is 35.9 Å². The number of carbonyl (C=O) groups is 2. The standard InChI is InChI=1S/C18H26N2O4/c1-18(2,3)24-16(21)19-15-9-11-20(12-10-15)17(22)23-13-14-7-5-4-6-8-14/h4-8,15H,9-13H2,1-3H3,(H,19,21)/i9D2,10D2. The fourth-order valence-corrected chi connectivity index (χ4v) is 2.00. The van der Waals surface area contributed by atoms with E-state index in [0.717, 1.165) is 10.5 Å². The molecule has 6 nitrogen and oxygen atoms in total.